The Balaban J connectivity index is 1.46. The predicted molar refractivity (Wildman–Crippen MR) is 113 cm³/mol. The molecule has 1 aliphatic rings. The summed E-state index contributed by atoms with van der Waals surface area (Å²) in [4.78, 5) is 14.8. The van der Waals surface area contributed by atoms with Crippen LogP contribution in [0.2, 0.25) is 0 Å². The van der Waals surface area contributed by atoms with Crippen LogP contribution in [0, 0.1) is 0 Å². The van der Waals surface area contributed by atoms with Crippen LogP contribution in [-0.4, -0.2) is 39.0 Å². The lowest BCUT2D eigenvalue weighted by Crippen LogP contribution is -2.30. The number of carbonyl (C=O) groups is 1. The van der Waals surface area contributed by atoms with Crippen LogP contribution in [0.15, 0.2) is 58.3 Å². The van der Waals surface area contributed by atoms with E-state index in [4.69, 9.17) is 4.42 Å². The number of furan rings is 1. The first-order valence-electron chi connectivity index (χ1n) is 9.89. The number of nitrogens with one attached hydrogen (secondary N) is 1. The molecule has 2 aromatic heterocycles. The Labute approximate surface area is 174 Å². The zero-order chi connectivity index (χ0) is 20.1. The van der Waals surface area contributed by atoms with Crippen LogP contribution in [0.3, 0.4) is 0 Å². The van der Waals surface area contributed by atoms with Crippen molar-refractivity contribution in [1.82, 2.24) is 20.1 Å². The summed E-state index contributed by atoms with van der Waals surface area (Å²) in [6.07, 6.45) is 3.99. The van der Waals surface area contributed by atoms with Crippen molar-refractivity contribution in [1.29, 1.82) is 0 Å². The third-order valence-electron chi connectivity index (χ3n) is 4.94. The third kappa shape index (κ3) is 4.82. The fraction of sp³-hybridized carbons (Fsp3) is 0.381. The van der Waals surface area contributed by atoms with E-state index < -0.39 is 0 Å². The second-order valence-corrected chi connectivity index (χ2v) is 8.41. The molecule has 0 unspecified atom stereocenters. The smallest absolute Gasteiger partial charge is 0.233 e. The zero-order valence-electron chi connectivity index (χ0n) is 16.5. The molecule has 0 bridgehead atoms. The van der Waals surface area contributed by atoms with Gasteiger partial charge < -0.3 is 14.6 Å². The molecule has 0 radical (unpaired) electrons. The monoisotopic (exact) mass is 411 g/mol. The van der Waals surface area contributed by atoms with Crippen LogP contribution in [0.5, 0.6) is 0 Å². The number of benzene rings is 1. The van der Waals surface area contributed by atoms with E-state index >= 15 is 0 Å². The number of anilines is 1. The van der Waals surface area contributed by atoms with Crippen molar-refractivity contribution in [3.63, 3.8) is 0 Å². The summed E-state index contributed by atoms with van der Waals surface area (Å²) < 4.78 is 7.59. The van der Waals surface area contributed by atoms with Crippen LogP contribution >= 0.6 is 11.8 Å². The Morgan fingerprint density at radius 2 is 1.97 bits per heavy atom. The summed E-state index contributed by atoms with van der Waals surface area (Å²) in [6, 6.07) is 13.7. The molecule has 1 aliphatic heterocycles. The average molecular weight is 412 g/mol. The van der Waals surface area contributed by atoms with Gasteiger partial charge in [-0.2, -0.15) is 0 Å². The van der Waals surface area contributed by atoms with E-state index in [0.717, 1.165) is 48.4 Å². The SMILES string of the molecule is C[C@H](Sc1nnc(N2CCCC2)n1Cc1ccco1)C(=O)NCc1ccccc1. The van der Waals surface area contributed by atoms with Gasteiger partial charge in [0.05, 0.1) is 18.1 Å². The van der Waals surface area contributed by atoms with Crippen molar-refractivity contribution < 1.29 is 9.21 Å². The first kappa shape index (κ1) is 19.6. The zero-order valence-corrected chi connectivity index (χ0v) is 17.3. The van der Waals surface area contributed by atoms with E-state index in [0.29, 0.717) is 13.1 Å². The molecule has 7 nitrogen and oxygen atoms in total. The van der Waals surface area contributed by atoms with E-state index in [1.165, 1.54) is 11.8 Å². The van der Waals surface area contributed by atoms with Crippen molar-refractivity contribution in [2.45, 2.75) is 43.3 Å². The quantitative estimate of drug-likeness (QED) is 0.573. The molecular weight excluding hydrogens is 386 g/mol. The predicted octanol–water partition coefficient (Wildman–Crippen LogP) is 3.32. The maximum absolute atomic E-state index is 12.6. The molecule has 3 heterocycles. The van der Waals surface area contributed by atoms with Gasteiger partial charge in [-0.15, -0.1) is 10.2 Å². The van der Waals surface area contributed by atoms with Crippen LogP contribution in [-0.2, 0) is 17.9 Å². The van der Waals surface area contributed by atoms with Gasteiger partial charge in [-0.25, -0.2) is 0 Å². The topological polar surface area (TPSA) is 76.2 Å². The molecule has 8 heteroatoms. The molecule has 0 spiro atoms. The molecule has 1 saturated heterocycles. The largest absolute Gasteiger partial charge is 0.467 e. The van der Waals surface area contributed by atoms with Crippen LogP contribution in [0.4, 0.5) is 5.95 Å². The summed E-state index contributed by atoms with van der Waals surface area (Å²) in [5.41, 5.74) is 1.08. The van der Waals surface area contributed by atoms with Crippen LogP contribution < -0.4 is 10.2 Å². The fourth-order valence-electron chi connectivity index (χ4n) is 3.36. The average Bonchev–Trinajstić information content (AvgIpc) is 3.50. The number of rotatable bonds is 8. The molecule has 1 amide bonds. The second-order valence-electron chi connectivity index (χ2n) is 7.11. The Morgan fingerprint density at radius 3 is 2.69 bits per heavy atom. The van der Waals surface area contributed by atoms with Crippen molar-refractivity contribution in [3.05, 3.63) is 60.1 Å². The number of hydrogen-bond acceptors (Lipinski definition) is 6. The lowest BCUT2D eigenvalue weighted by atomic mass is 10.2. The van der Waals surface area contributed by atoms with E-state index in [-0.39, 0.29) is 11.2 Å². The summed E-state index contributed by atoms with van der Waals surface area (Å²) in [5.74, 6) is 1.67. The van der Waals surface area contributed by atoms with Gasteiger partial charge in [-0.1, -0.05) is 42.1 Å². The Kier molecular flexibility index (Phi) is 6.19. The number of amides is 1. The minimum absolute atomic E-state index is 0.0193. The summed E-state index contributed by atoms with van der Waals surface area (Å²) in [7, 11) is 0. The molecule has 152 valence electrons. The van der Waals surface area contributed by atoms with Crippen molar-refractivity contribution in [2.75, 3.05) is 18.0 Å². The summed E-state index contributed by atoms with van der Waals surface area (Å²) in [6.45, 7) is 4.92. The van der Waals surface area contributed by atoms with Gasteiger partial charge in [-0.05, 0) is 37.5 Å². The minimum Gasteiger partial charge on any atom is -0.467 e. The van der Waals surface area contributed by atoms with E-state index in [9.17, 15) is 4.79 Å². The Morgan fingerprint density at radius 1 is 1.17 bits per heavy atom. The van der Waals surface area contributed by atoms with Gasteiger partial charge in [0.2, 0.25) is 11.9 Å². The molecule has 1 atom stereocenters. The van der Waals surface area contributed by atoms with Crippen molar-refractivity contribution in [2.24, 2.45) is 0 Å². The number of nitrogens with zero attached hydrogens (tertiary/aromatic N) is 4. The number of carbonyl (C=O) groups excluding carboxylic acids is 1. The summed E-state index contributed by atoms with van der Waals surface area (Å²) >= 11 is 1.42. The minimum atomic E-state index is -0.287. The second kappa shape index (κ2) is 9.17. The number of thioether (sulfide) groups is 1. The molecule has 1 aromatic carbocycles. The van der Waals surface area contributed by atoms with Gasteiger partial charge in [0.25, 0.3) is 0 Å². The highest BCUT2D eigenvalue weighted by atomic mass is 32.2. The van der Waals surface area contributed by atoms with Crippen molar-refractivity contribution >= 4 is 23.6 Å². The van der Waals surface area contributed by atoms with E-state index in [2.05, 4.69) is 25.0 Å². The molecule has 29 heavy (non-hydrogen) atoms. The van der Waals surface area contributed by atoms with Gasteiger partial charge in [0, 0.05) is 19.6 Å². The van der Waals surface area contributed by atoms with E-state index in [1.54, 1.807) is 6.26 Å². The lowest BCUT2D eigenvalue weighted by molar-refractivity contribution is -0.120. The van der Waals surface area contributed by atoms with Crippen LogP contribution in [0.1, 0.15) is 31.1 Å². The fourth-order valence-corrected chi connectivity index (χ4v) is 4.22. The standard InChI is InChI=1S/C21H25N5O2S/c1-16(19(27)22-14-17-8-3-2-4-9-17)29-21-24-23-20(25-11-5-6-12-25)26(21)15-18-10-7-13-28-18/h2-4,7-10,13,16H,5-6,11-12,14-15H2,1H3,(H,22,27)/t16-/m0/s1. The molecule has 4 rings (SSSR count). The van der Waals surface area contributed by atoms with E-state index in [1.807, 2.05) is 49.4 Å². The van der Waals surface area contributed by atoms with Gasteiger partial charge in [-0.3, -0.25) is 9.36 Å². The highest BCUT2D eigenvalue weighted by molar-refractivity contribution is 8.00. The molecular formula is C21H25N5O2S. The highest BCUT2D eigenvalue weighted by Gasteiger charge is 2.24. The normalized spacial score (nSPS) is 14.9. The lowest BCUT2D eigenvalue weighted by Gasteiger charge is -2.18. The maximum Gasteiger partial charge on any atom is 0.233 e. The summed E-state index contributed by atoms with van der Waals surface area (Å²) in [5, 5.41) is 12.3. The molecule has 1 N–H and O–H groups in total. The van der Waals surface area contributed by atoms with Crippen LogP contribution in [0.25, 0.3) is 0 Å². The molecule has 1 fully saturated rings. The highest BCUT2D eigenvalue weighted by Crippen LogP contribution is 2.28. The van der Waals surface area contributed by atoms with Gasteiger partial charge in [0.15, 0.2) is 5.16 Å². The first-order chi connectivity index (χ1) is 14.2. The Hall–Kier alpha value is -2.74. The maximum atomic E-state index is 12.6. The Bertz CT molecular complexity index is 920. The number of aromatic nitrogens is 3. The first-order valence-corrected chi connectivity index (χ1v) is 10.8. The third-order valence-corrected chi connectivity index (χ3v) is 6.02. The van der Waals surface area contributed by atoms with Crippen molar-refractivity contribution in [3.8, 4) is 0 Å². The van der Waals surface area contributed by atoms with Gasteiger partial charge in [0.1, 0.15) is 5.76 Å². The number of hydrogen-bond donors (Lipinski definition) is 1. The molecule has 0 saturated carbocycles. The molecule has 0 aliphatic carbocycles. The van der Waals surface area contributed by atoms with Gasteiger partial charge >= 0.3 is 0 Å². The molecule has 3 aromatic rings.